The van der Waals surface area contributed by atoms with Gasteiger partial charge in [0.1, 0.15) is 22.9 Å². The molecule has 38 heavy (non-hydrogen) atoms. The minimum atomic E-state index is -0.506. The van der Waals surface area contributed by atoms with Crippen LogP contribution in [0.3, 0.4) is 0 Å². The second kappa shape index (κ2) is 14.4. The highest BCUT2D eigenvalue weighted by atomic mass is 16.5. The summed E-state index contributed by atoms with van der Waals surface area (Å²) in [6, 6.07) is 21.7. The van der Waals surface area contributed by atoms with E-state index >= 15 is 0 Å². The Morgan fingerprint density at radius 1 is 0.895 bits per heavy atom. The summed E-state index contributed by atoms with van der Waals surface area (Å²) in [6.07, 6.45) is 2.34. The van der Waals surface area contributed by atoms with Crippen LogP contribution in [0, 0.1) is 0 Å². The summed E-state index contributed by atoms with van der Waals surface area (Å²) in [7, 11) is 1.63. The maximum atomic E-state index is 12.9. The van der Waals surface area contributed by atoms with E-state index in [2.05, 4.69) is 10.6 Å². The average molecular weight is 519 g/mol. The highest BCUT2D eigenvalue weighted by molar-refractivity contribution is 6.05. The van der Waals surface area contributed by atoms with Crippen LogP contribution in [-0.2, 0) is 11.2 Å². The fraction of sp³-hybridized carbons (Fsp3) is 0.267. The van der Waals surface area contributed by atoms with Crippen molar-refractivity contribution in [2.75, 3.05) is 26.9 Å². The third-order valence-corrected chi connectivity index (χ3v) is 5.39. The molecule has 0 atom stereocenters. The molecule has 3 aromatic rings. The van der Waals surface area contributed by atoms with E-state index < -0.39 is 11.8 Å². The van der Waals surface area contributed by atoms with Gasteiger partial charge in [-0.25, -0.2) is 0 Å². The van der Waals surface area contributed by atoms with E-state index in [0.29, 0.717) is 29.2 Å². The molecule has 0 aliphatic rings. The summed E-state index contributed by atoms with van der Waals surface area (Å²) in [6.45, 7) is 4.21. The summed E-state index contributed by atoms with van der Waals surface area (Å²) in [5, 5.41) is 14.3. The maximum absolute atomic E-state index is 12.9. The van der Waals surface area contributed by atoms with Gasteiger partial charge in [-0.05, 0) is 79.6 Å². The van der Waals surface area contributed by atoms with E-state index in [9.17, 15) is 9.59 Å². The number of carbonyl (C=O) groups is 2. The Labute approximate surface area is 223 Å². The molecule has 0 bridgehead atoms. The summed E-state index contributed by atoms with van der Waals surface area (Å²) in [5.41, 5.74) is 2.26. The molecular weight excluding hydrogens is 484 g/mol. The second-order valence-corrected chi connectivity index (χ2v) is 8.70. The van der Waals surface area contributed by atoms with Crippen LogP contribution in [0.1, 0.15) is 35.3 Å². The van der Waals surface area contributed by atoms with E-state index in [0.717, 1.165) is 17.7 Å². The minimum Gasteiger partial charge on any atom is -0.497 e. The number of hydrogen-bond acceptors (Lipinski definition) is 6. The molecule has 3 aromatic carbocycles. The van der Waals surface area contributed by atoms with Gasteiger partial charge in [-0.2, -0.15) is 0 Å². The van der Waals surface area contributed by atoms with E-state index in [4.69, 9.17) is 19.3 Å². The zero-order chi connectivity index (χ0) is 27.3. The lowest BCUT2D eigenvalue weighted by molar-refractivity contribution is -0.117. The quantitative estimate of drug-likeness (QED) is 0.296. The van der Waals surface area contributed by atoms with Gasteiger partial charge in [0.25, 0.3) is 11.8 Å². The number of rotatable bonds is 13. The molecule has 0 saturated heterocycles. The molecule has 200 valence electrons. The van der Waals surface area contributed by atoms with Crippen LogP contribution in [0.2, 0.25) is 0 Å². The molecule has 0 aromatic heterocycles. The van der Waals surface area contributed by atoms with Gasteiger partial charge in [-0.3, -0.25) is 9.59 Å². The predicted molar refractivity (Wildman–Crippen MR) is 146 cm³/mol. The highest BCUT2D eigenvalue weighted by Crippen LogP contribution is 2.17. The molecule has 0 radical (unpaired) electrons. The fourth-order valence-electron chi connectivity index (χ4n) is 3.48. The molecule has 0 spiro atoms. The van der Waals surface area contributed by atoms with Gasteiger partial charge >= 0.3 is 0 Å². The molecule has 0 saturated carbocycles. The molecule has 8 nitrogen and oxygen atoms in total. The normalized spacial score (nSPS) is 11.1. The van der Waals surface area contributed by atoms with Crippen molar-refractivity contribution in [1.82, 2.24) is 10.6 Å². The van der Waals surface area contributed by atoms with Gasteiger partial charge in [0, 0.05) is 18.5 Å². The third-order valence-electron chi connectivity index (χ3n) is 5.39. The first kappa shape index (κ1) is 28.3. The SMILES string of the molecule is COc1ccc(CCOc2ccc(C(=O)NC(=Cc3ccc(OC(C)C)cc3)C(=O)NCCO)cc2)cc1. The lowest BCUT2D eigenvalue weighted by atomic mass is 10.1. The third kappa shape index (κ3) is 8.97. The van der Waals surface area contributed by atoms with Gasteiger partial charge in [-0.1, -0.05) is 24.3 Å². The first-order valence-corrected chi connectivity index (χ1v) is 12.4. The number of benzene rings is 3. The van der Waals surface area contributed by atoms with Crippen molar-refractivity contribution in [2.45, 2.75) is 26.4 Å². The monoisotopic (exact) mass is 518 g/mol. The second-order valence-electron chi connectivity index (χ2n) is 8.70. The lowest BCUT2D eigenvalue weighted by Crippen LogP contribution is -2.36. The van der Waals surface area contributed by atoms with Crippen LogP contribution >= 0.6 is 0 Å². The number of aliphatic hydroxyl groups excluding tert-OH is 1. The number of methoxy groups -OCH3 is 1. The molecule has 0 fully saturated rings. The number of carbonyl (C=O) groups excluding carboxylic acids is 2. The van der Waals surface area contributed by atoms with Crippen LogP contribution in [0.5, 0.6) is 17.2 Å². The Hall–Kier alpha value is -4.30. The van der Waals surface area contributed by atoms with E-state index in [1.54, 1.807) is 61.7 Å². The Bertz CT molecular complexity index is 1200. The summed E-state index contributed by atoms with van der Waals surface area (Å²) in [4.78, 5) is 25.6. The smallest absolute Gasteiger partial charge is 0.267 e. The standard InChI is InChI=1S/C30H34N2O6/c1-21(2)38-27-12-6-23(7-13-27)20-28(30(35)31-17-18-33)32-29(34)24-8-14-26(15-9-24)37-19-16-22-4-10-25(36-3)11-5-22/h4-15,20-21,33H,16-19H2,1-3H3,(H,31,35)(H,32,34). The maximum Gasteiger partial charge on any atom is 0.267 e. The van der Waals surface area contributed by atoms with Crippen LogP contribution < -0.4 is 24.8 Å². The number of nitrogens with one attached hydrogen (secondary N) is 2. The summed E-state index contributed by atoms with van der Waals surface area (Å²) >= 11 is 0. The fourth-order valence-corrected chi connectivity index (χ4v) is 3.48. The van der Waals surface area contributed by atoms with Crippen molar-refractivity contribution in [3.05, 3.63) is 95.2 Å². The molecular formula is C30H34N2O6. The van der Waals surface area contributed by atoms with Gasteiger partial charge < -0.3 is 30.0 Å². The number of aliphatic hydroxyl groups is 1. The lowest BCUT2D eigenvalue weighted by Gasteiger charge is -2.12. The number of amides is 2. The summed E-state index contributed by atoms with van der Waals surface area (Å²) < 4.78 is 16.6. The predicted octanol–water partition coefficient (Wildman–Crippen LogP) is 3.98. The Kier molecular flexibility index (Phi) is 10.7. The van der Waals surface area contributed by atoms with E-state index in [-0.39, 0.29) is 25.0 Å². The van der Waals surface area contributed by atoms with Crippen molar-refractivity contribution in [3.8, 4) is 17.2 Å². The molecule has 0 heterocycles. The van der Waals surface area contributed by atoms with Gasteiger partial charge in [0.05, 0.1) is 26.4 Å². The van der Waals surface area contributed by atoms with Crippen LogP contribution in [0.15, 0.2) is 78.5 Å². The number of hydrogen-bond donors (Lipinski definition) is 3. The zero-order valence-electron chi connectivity index (χ0n) is 21.9. The van der Waals surface area contributed by atoms with E-state index in [1.165, 1.54) is 0 Å². The molecule has 2 amide bonds. The summed E-state index contributed by atoms with van der Waals surface area (Å²) in [5.74, 6) is 1.20. The zero-order valence-corrected chi connectivity index (χ0v) is 21.9. The molecule has 0 aliphatic carbocycles. The van der Waals surface area contributed by atoms with Gasteiger partial charge in [-0.15, -0.1) is 0 Å². The average Bonchev–Trinajstić information content (AvgIpc) is 2.92. The van der Waals surface area contributed by atoms with Gasteiger partial charge in [0.2, 0.25) is 0 Å². The van der Waals surface area contributed by atoms with Crippen molar-refractivity contribution in [3.63, 3.8) is 0 Å². The van der Waals surface area contributed by atoms with E-state index in [1.807, 2.05) is 38.1 Å². The molecule has 3 N–H and O–H groups in total. The molecule has 8 heteroatoms. The van der Waals surface area contributed by atoms with Crippen molar-refractivity contribution in [2.24, 2.45) is 0 Å². The van der Waals surface area contributed by atoms with Crippen molar-refractivity contribution >= 4 is 17.9 Å². The van der Waals surface area contributed by atoms with Gasteiger partial charge in [0.15, 0.2) is 0 Å². The minimum absolute atomic E-state index is 0.0424. The Morgan fingerprint density at radius 3 is 2.13 bits per heavy atom. The first-order valence-electron chi connectivity index (χ1n) is 12.4. The molecule has 0 unspecified atom stereocenters. The Morgan fingerprint density at radius 2 is 1.53 bits per heavy atom. The number of ether oxygens (including phenoxy) is 3. The van der Waals surface area contributed by atoms with Crippen LogP contribution in [-0.4, -0.2) is 49.9 Å². The van der Waals surface area contributed by atoms with Crippen LogP contribution in [0.25, 0.3) is 6.08 Å². The Balaban J connectivity index is 1.63. The first-order chi connectivity index (χ1) is 18.4. The molecule has 3 rings (SSSR count). The van der Waals surface area contributed by atoms with Crippen LogP contribution in [0.4, 0.5) is 0 Å². The highest BCUT2D eigenvalue weighted by Gasteiger charge is 2.15. The largest absolute Gasteiger partial charge is 0.497 e. The molecule has 0 aliphatic heterocycles. The van der Waals surface area contributed by atoms with Crippen molar-refractivity contribution in [1.29, 1.82) is 0 Å². The van der Waals surface area contributed by atoms with Crippen molar-refractivity contribution < 1.29 is 28.9 Å². The topological polar surface area (TPSA) is 106 Å².